The summed E-state index contributed by atoms with van der Waals surface area (Å²) in [6.07, 6.45) is 4.47. The van der Waals surface area contributed by atoms with E-state index in [1.807, 2.05) is 12.3 Å². The highest BCUT2D eigenvalue weighted by Crippen LogP contribution is 2.53. The molecule has 0 aliphatic heterocycles. The van der Waals surface area contributed by atoms with Crippen molar-refractivity contribution in [3.63, 3.8) is 0 Å². The number of aromatic amines is 1. The number of H-pyrrole nitrogens is 1. The van der Waals surface area contributed by atoms with Gasteiger partial charge in [0.15, 0.2) is 0 Å². The van der Waals surface area contributed by atoms with Crippen molar-refractivity contribution in [3.8, 4) is 0 Å². The Bertz CT molecular complexity index is 249. The van der Waals surface area contributed by atoms with Gasteiger partial charge in [-0.2, -0.15) is 0 Å². The monoisotopic (exact) mass is 165 g/mol. The summed E-state index contributed by atoms with van der Waals surface area (Å²) in [5, 5.41) is 0. The first-order valence-corrected chi connectivity index (χ1v) is 4.36. The van der Waals surface area contributed by atoms with E-state index >= 15 is 0 Å². The Morgan fingerprint density at radius 2 is 2.42 bits per heavy atom. The van der Waals surface area contributed by atoms with Crippen molar-refractivity contribution in [1.82, 2.24) is 10.4 Å². The van der Waals surface area contributed by atoms with E-state index in [-0.39, 0.29) is 6.04 Å². The van der Waals surface area contributed by atoms with Gasteiger partial charge in [-0.3, -0.25) is 11.3 Å². The molecule has 0 saturated heterocycles. The molecule has 1 aromatic rings. The molecule has 0 radical (unpaired) electrons. The number of nitrogens with one attached hydrogen (secondary N) is 2. The molecule has 12 heavy (non-hydrogen) atoms. The van der Waals surface area contributed by atoms with Crippen molar-refractivity contribution in [3.05, 3.63) is 24.0 Å². The summed E-state index contributed by atoms with van der Waals surface area (Å²) in [7, 11) is 0. The number of hydrazine groups is 1. The zero-order valence-electron chi connectivity index (χ0n) is 7.30. The van der Waals surface area contributed by atoms with Crippen LogP contribution in [0.4, 0.5) is 0 Å². The van der Waals surface area contributed by atoms with E-state index < -0.39 is 0 Å². The highest BCUT2D eigenvalue weighted by molar-refractivity contribution is 5.15. The lowest BCUT2D eigenvalue weighted by atomic mass is 9.97. The van der Waals surface area contributed by atoms with Gasteiger partial charge in [0.05, 0.1) is 6.04 Å². The Labute approximate surface area is 72.3 Å². The Morgan fingerprint density at radius 3 is 2.83 bits per heavy atom. The maximum Gasteiger partial charge on any atom is 0.0663 e. The van der Waals surface area contributed by atoms with Crippen LogP contribution in [0.15, 0.2) is 18.3 Å². The van der Waals surface area contributed by atoms with Crippen molar-refractivity contribution < 1.29 is 0 Å². The van der Waals surface area contributed by atoms with Crippen LogP contribution >= 0.6 is 0 Å². The van der Waals surface area contributed by atoms with Crippen molar-refractivity contribution in [2.75, 3.05) is 0 Å². The fourth-order valence-corrected chi connectivity index (χ4v) is 1.68. The summed E-state index contributed by atoms with van der Waals surface area (Å²) in [6, 6.07) is 4.37. The smallest absolute Gasteiger partial charge is 0.0663 e. The van der Waals surface area contributed by atoms with Crippen LogP contribution in [0.2, 0.25) is 0 Å². The number of aromatic nitrogens is 1. The first-order chi connectivity index (χ1) is 5.76. The molecule has 1 heterocycles. The summed E-state index contributed by atoms with van der Waals surface area (Å²) in [4.78, 5) is 3.19. The van der Waals surface area contributed by atoms with Crippen LogP contribution in [0.3, 0.4) is 0 Å². The zero-order valence-corrected chi connectivity index (χ0v) is 7.30. The molecule has 1 aliphatic carbocycles. The van der Waals surface area contributed by atoms with Crippen molar-refractivity contribution >= 4 is 0 Å². The third-order valence-corrected chi connectivity index (χ3v) is 2.84. The molecule has 3 nitrogen and oxygen atoms in total. The molecular weight excluding hydrogens is 150 g/mol. The Balaban J connectivity index is 2.19. The fourth-order valence-electron chi connectivity index (χ4n) is 1.68. The lowest BCUT2D eigenvalue weighted by molar-refractivity contribution is 0.366. The van der Waals surface area contributed by atoms with Crippen LogP contribution in [-0.4, -0.2) is 4.98 Å². The van der Waals surface area contributed by atoms with Crippen molar-refractivity contribution in [2.24, 2.45) is 11.3 Å². The highest BCUT2D eigenvalue weighted by Gasteiger charge is 2.45. The van der Waals surface area contributed by atoms with Gasteiger partial charge in [-0.25, -0.2) is 0 Å². The minimum Gasteiger partial charge on any atom is -0.364 e. The van der Waals surface area contributed by atoms with Crippen molar-refractivity contribution in [2.45, 2.75) is 25.8 Å². The van der Waals surface area contributed by atoms with Crippen LogP contribution in [0, 0.1) is 5.41 Å². The second-order valence-electron chi connectivity index (χ2n) is 3.88. The fraction of sp³-hybridized carbons (Fsp3) is 0.556. The molecule has 0 bridgehead atoms. The van der Waals surface area contributed by atoms with Gasteiger partial charge in [-0.15, -0.1) is 0 Å². The highest BCUT2D eigenvalue weighted by atomic mass is 15.2. The van der Waals surface area contributed by atoms with Gasteiger partial charge in [-0.1, -0.05) is 6.92 Å². The van der Waals surface area contributed by atoms with E-state index in [1.54, 1.807) is 0 Å². The summed E-state index contributed by atoms with van der Waals surface area (Å²) < 4.78 is 0. The van der Waals surface area contributed by atoms with E-state index in [1.165, 1.54) is 18.5 Å². The maximum absolute atomic E-state index is 5.52. The third-order valence-electron chi connectivity index (χ3n) is 2.84. The van der Waals surface area contributed by atoms with E-state index in [2.05, 4.69) is 23.4 Å². The maximum atomic E-state index is 5.52. The first kappa shape index (κ1) is 7.83. The quantitative estimate of drug-likeness (QED) is 0.467. The molecule has 1 aromatic heterocycles. The Kier molecular flexibility index (Phi) is 1.70. The summed E-state index contributed by atoms with van der Waals surface area (Å²) in [5.74, 6) is 5.52. The minimum absolute atomic E-state index is 0.285. The zero-order chi connectivity index (χ0) is 8.60. The van der Waals surface area contributed by atoms with Gasteiger partial charge < -0.3 is 4.98 Å². The molecular formula is C9H15N3. The average molecular weight is 165 g/mol. The van der Waals surface area contributed by atoms with Crippen LogP contribution in [-0.2, 0) is 0 Å². The normalized spacial score (nSPS) is 22.2. The topological polar surface area (TPSA) is 53.8 Å². The second kappa shape index (κ2) is 2.61. The summed E-state index contributed by atoms with van der Waals surface area (Å²) in [6.45, 7) is 2.26. The number of nitrogens with two attached hydrogens (primary N) is 1. The second-order valence-corrected chi connectivity index (χ2v) is 3.88. The van der Waals surface area contributed by atoms with Gasteiger partial charge in [0.1, 0.15) is 0 Å². The SMILES string of the molecule is CC1(C(NN)c2ccc[nH]2)CC1. The molecule has 1 unspecified atom stereocenters. The lowest BCUT2D eigenvalue weighted by Crippen LogP contribution is -2.33. The molecule has 0 aromatic carbocycles. The molecule has 1 atom stereocenters. The van der Waals surface area contributed by atoms with E-state index in [0.29, 0.717) is 5.41 Å². The Hall–Kier alpha value is -0.800. The largest absolute Gasteiger partial charge is 0.364 e. The standard InChI is InChI=1S/C9H15N3/c1-9(4-5-9)8(12-10)7-3-2-6-11-7/h2-3,6,8,11-12H,4-5,10H2,1H3. The summed E-state index contributed by atoms with van der Waals surface area (Å²) in [5.41, 5.74) is 4.44. The molecule has 1 aliphatic rings. The Morgan fingerprint density at radius 1 is 1.67 bits per heavy atom. The van der Waals surface area contributed by atoms with E-state index in [4.69, 9.17) is 5.84 Å². The number of rotatable bonds is 3. The predicted octanol–water partition coefficient (Wildman–Crippen LogP) is 1.32. The van der Waals surface area contributed by atoms with Crippen LogP contribution < -0.4 is 11.3 Å². The van der Waals surface area contributed by atoms with Gasteiger partial charge in [-0.05, 0) is 30.4 Å². The molecule has 1 fully saturated rings. The van der Waals surface area contributed by atoms with Crippen LogP contribution in [0.1, 0.15) is 31.5 Å². The van der Waals surface area contributed by atoms with E-state index in [9.17, 15) is 0 Å². The minimum atomic E-state index is 0.285. The number of hydrogen-bond donors (Lipinski definition) is 3. The van der Waals surface area contributed by atoms with Gasteiger partial charge >= 0.3 is 0 Å². The van der Waals surface area contributed by atoms with Crippen molar-refractivity contribution in [1.29, 1.82) is 0 Å². The molecule has 3 heteroatoms. The molecule has 66 valence electrons. The van der Waals surface area contributed by atoms with Gasteiger partial charge in [0, 0.05) is 11.9 Å². The first-order valence-electron chi connectivity index (χ1n) is 4.36. The van der Waals surface area contributed by atoms with Gasteiger partial charge in [0.2, 0.25) is 0 Å². The van der Waals surface area contributed by atoms with Gasteiger partial charge in [0.25, 0.3) is 0 Å². The molecule has 2 rings (SSSR count). The molecule has 1 saturated carbocycles. The third kappa shape index (κ3) is 1.15. The number of hydrogen-bond acceptors (Lipinski definition) is 2. The average Bonchev–Trinajstić information content (AvgIpc) is 2.63. The van der Waals surface area contributed by atoms with E-state index in [0.717, 1.165) is 0 Å². The molecule has 4 N–H and O–H groups in total. The molecule has 0 spiro atoms. The summed E-state index contributed by atoms with van der Waals surface area (Å²) >= 11 is 0. The predicted molar refractivity (Wildman–Crippen MR) is 48.2 cm³/mol. The van der Waals surface area contributed by atoms with Crippen LogP contribution in [0.5, 0.6) is 0 Å². The lowest BCUT2D eigenvalue weighted by Gasteiger charge is -2.21. The van der Waals surface area contributed by atoms with Crippen LogP contribution in [0.25, 0.3) is 0 Å². The molecule has 0 amide bonds.